The van der Waals surface area contributed by atoms with E-state index in [-0.39, 0.29) is 48.5 Å². The second-order valence-electron chi connectivity index (χ2n) is 10.5. The van der Waals surface area contributed by atoms with Crippen molar-refractivity contribution in [2.75, 3.05) is 37.1 Å². The maximum absolute atomic E-state index is 12.8. The average molecular weight is 595 g/mol. The van der Waals surface area contributed by atoms with Crippen molar-refractivity contribution >= 4 is 56.4 Å². The third-order valence-electron chi connectivity index (χ3n) is 7.22. The van der Waals surface area contributed by atoms with Crippen LogP contribution in [-0.4, -0.2) is 75.1 Å². The third kappa shape index (κ3) is 7.30. The van der Waals surface area contributed by atoms with Crippen LogP contribution in [0.1, 0.15) is 60.2 Å². The molecular weight excluding hydrogens is 560 g/mol. The van der Waals surface area contributed by atoms with Gasteiger partial charge in [0.15, 0.2) is 0 Å². The molecule has 14 heteroatoms. The van der Waals surface area contributed by atoms with E-state index < -0.39 is 0 Å². The minimum absolute atomic E-state index is 0.108. The van der Waals surface area contributed by atoms with Gasteiger partial charge >= 0.3 is 0 Å². The van der Waals surface area contributed by atoms with Gasteiger partial charge in [-0.1, -0.05) is 41.7 Å². The van der Waals surface area contributed by atoms with E-state index in [1.165, 1.54) is 22.7 Å². The number of hydrogen-bond acceptors (Lipinski definition) is 12. The zero-order chi connectivity index (χ0) is 28.9. The highest BCUT2D eigenvalue weighted by Gasteiger charge is 2.32. The van der Waals surface area contributed by atoms with Crippen LogP contribution in [-0.2, 0) is 16.0 Å². The second-order valence-corrected chi connectivity index (χ2v) is 12.5. The minimum atomic E-state index is -0.180. The maximum atomic E-state index is 12.8. The van der Waals surface area contributed by atoms with Gasteiger partial charge in [0.1, 0.15) is 21.7 Å². The number of aliphatic imine (C=N–C) groups is 1. The summed E-state index contributed by atoms with van der Waals surface area (Å²) in [5.74, 6) is 1.96. The molecule has 2 aliphatic rings. The number of dihydropyridines is 1. The summed E-state index contributed by atoms with van der Waals surface area (Å²) in [6.45, 7) is 2.07. The number of aromatic nitrogens is 5. The SMILES string of the molecule is CNc1cccc(CC(=O)Nc2nnc([C@H]3CC[C@H](c4nnc(NC(=O)CC5N=C(N(C)C)C=CC5C)s4)C3)s2)n1. The maximum Gasteiger partial charge on any atom is 0.232 e. The molecule has 0 bridgehead atoms. The quantitative estimate of drug-likeness (QED) is 0.335. The van der Waals surface area contributed by atoms with Crippen LogP contribution in [0.2, 0.25) is 0 Å². The Balaban J connectivity index is 1.11. The number of hydrogen-bond donors (Lipinski definition) is 3. The largest absolute Gasteiger partial charge is 0.373 e. The highest BCUT2D eigenvalue weighted by Crippen LogP contribution is 2.45. The molecule has 3 aromatic heterocycles. The number of nitrogens with zero attached hydrogens (tertiary/aromatic N) is 7. The Bertz CT molecular complexity index is 1450. The predicted octanol–water partition coefficient (Wildman–Crippen LogP) is 3.92. The van der Waals surface area contributed by atoms with Crippen LogP contribution in [0.25, 0.3) is 0 Å². The topological polar surface area (TPSA) is 150 Å². The Kier molecular flexibility index (Phi) is 8.98. The zero-order valence-corrected chi connectivity index (χ0v) is 25.1. The van der Waals surface area contributed by atoms with E-state index in [2.05, 4.69) is 54.3 Å². The Morgan fingerprint density at radius 1 is 0.976 bits per heavy atom. The van der Waals surface area contributed by atoms with E-state index in [1.54, 1.807) is 7.05 Å². The molecule has 0 saturated heterocycles. The fourth-order valence-electron chi connectivity index (χ4n) is 4.93. The fourth-order valence-corrected chi connectivity index (χ4v) is 6.74. The van der Waals surface area contributed by atoms with Crippen molar-refractivity contribution < 1.29 is 9.59 Å². The first kappa shape index (κ1) is 28.7. The van der Waals surface area contributed by atoms with Crippen molar-refractivity contribution in [3.8, 4) is 0 Å². The summed E-state index contributed by atoms with van der Waals surface area (Å²) in [4.78, 5) is 36.3. The molecular formula is C27H34N10O2S2. The van der Waals surface area contributed by atoms with Gasteiger partial charge in [0.05, 0.1) is 24.6 Å². The summed E-state index contributed by atoms with van der Waals surface area (Å²) in [6, 6.07) is 5.42. The lowest BCUT2D eigenvalue weighted by Gasteiger charge is -2.24. The monoisotopic (exact) mass is 594 g/mol. The third-order valence-corrected chi connectivity index (χ3v) is 9.22. The molecule has 0 radical (unpaired) electrons. The van der Waals surface area contributed by atoms with Crippen LogP contribution in [0, 0.1) is 5.92 Å². The molecule has 4 heterocycles. The van der Waals surface area contributed by atoms with Gasteiger partial charge in [0.25, 0.3) is 0 Å². The van der Waals surface area contributed by atoms with Crippen molar-refractivity contribution in [3.63, 3.8) is 0 Å². The molecule has 1 aliphatic carbocycles. The number of rotatable bonds is 9. The molecule has 1 fully saturated rings. The van der Waals surface area contributed by atoms with Gasteiger partial charge < -0.3 is 20.9 Å². The van der Waals surface area contributed by atoms with Crippen molar-refractivity contribution in [2.45, 2.75) is 56.9 Å². The van der Waals surface area contributed by atoms with Gasteiger partial charge in [-0.05, 0) is 43.4 Å². The summed E-state index contributed by atoms with van der Waals surface area (Å²) in [5.41, 5.74) is 0.679. The van der Waals surface area contributed by atoms with Gasteiger partial charge in [-0.2, -0.15) is 0 Å². The molecule has 3 N–H and O–H groups in total. The van der Waals surface area contributed by atoms with Gasteiger partial charge in [-0.25, -0.2) is 4.98 Å². The van der Waals surface area contributed by atoms with E-state index in [0.29, 0.717) is 16.0 Å². The standard InChI is InChI=1S/C27H34N10O2S2/c1-15-8-11-21(37(3)4)30-19(15)14-23(39)32-27-36-34-25(41-27)17-10-9-16(12-17)24-33-35-26(40-24)31-22(38)13-18-6-5-7-20(28-2)29-18/h5-8,11,15-17,19H,9-10,12-14H2,1-4H3,(H,28,29)(H,31,35,38)(H,32,36,39)/t15?,16-,17-,19?/m0/s1. The molecule has 1 saturated carbocycles. The summed E-state index contributed by atoms with van der Waals surface area (Å²) < 4.78 is 0. The van der Waals surface area contributed by atoms with Gasteiger partial charge in [0, 0.05) is 33.0 Å². The molecule has 0 aromatic carbocycles. The first-order chi connectivity index (χ1) is 19.8. The van der Waals surface area contributed by atoms with E-state index in [9.17, 15) is 9.59 Å². The van der Waals surface area contributed by atoms with Gasteiger partial charge in [-0.3, -0.25) is 14.6 Å². The smallest absolute Gasteiger partial charge is 0.232 e. The number of carbonyl (C=O) groups is 2. The van der Waals surface area contributed by atoms with Crippen LogP contribution >= 0.6 is 22.7 Å². The number of amidine groups is 1. The van der Waals surface area contributed by atoms with Crippen LogP contribution in [0.3, 0.4) is 0 Å². The normalized spacial score (nSPS) is 21.8. The summed E-state index contributed by atoms with van der Waals surface area (Å²) in [5, 5.41) is 28.7. The molecule has 2 unspecified atom stereocenters. The van der Waals surface area contributed by atoms with E-state index in [1.807, 2.05) is 43.3 Å². The minimum Gasteiger partial charge on any atom is -0.373 e. The van der Waals surface area contributed by atoms with Crippen molar-refractivity contribution in [3.05, 3.63) is 46.1 Å². The van der Waals surface area contributed by atoms with E-state index >= 15 is 0 Å². The number of nitrogens with one attached hydrogen (secondary N) is 3. The summed E-state index contributed by atoms with van der Waals surface area (Å²) in [7, 11) is 5.68. The highest BCUT2D eigenvalue weighted by atomic mass is 32.1. The Labute approximate surface area is 246 Å². The van der Waals surface area contributed by atoms with Crippen LogP contribution in [0.4, 0.5) is 16.1 Å². The second kappa shape index (κ2) is 12.8. The molecule has 2 amide bonds. The summed E-state index contributed by atoms with van der Waals surface area (Å²) >= 11 is 2.84. The summed E-state index contributed by atoms with van der Waals surface area (Å²) in [6.07, 6.45) is 7.32. The molecule has 1 aliphatic heterocycles. The zero-order valence-electron chi connectivity index (χ0n) is 23.5. The van der Waals surface area contributed by atoms with Crippen molar-refractivity contribution in [1.82, 2.24) is 30.3 Å². The average Bonchev–Trinajstić information content (AvgIpc) is 3.71. The van der Waals surface area contributed by atoms with Crippen LogP contribution in [0.5, 0.6) is 0 Å². The van der Waals surface area contributed by atoms with Crippen LogP contribution in [0.15, 0.2) is 35.3 Å². The number of pyridine rings is 1. The molecule has 4 atom stereocenters. The molecule has 3 aromatic rings. The predicted molar refractivity (Wildman–Crippen MR) is 162 cm³/mol. The number of likely N-dealkylation sites (N-methyl/N-ethyl adjacent to an activating group) is 1. The fraction of sp³-hybridized carbons (Fsp3) is 0.481. The Morgan fingerprint density at radius 3 is 2.27 bits per heavy atom. The number of anilines is 3. The number of carbonyl (C=O) groups excluding carboxylic acids is 2. The first-order valence-corrected chi connectivity index (χ1v) is 15.2. The van der Waals surface area contributed by atoms with E-state index in [4.69, 9.17) is 4.99 Å². The van der Waals surface area contributed by atoms with E-state index in [0.717, 1.165) is 40.9 Å². The molecule has 41 heavy (non-hydrogen) atoms. The lowest BCUT2D eigenvalue weighted by molar-refractivity contribution is -0.117. The molecule has 0 spiro atoms. The number of amides is 2. The van der Waals surface area contributed by atoms with Crippen LogP contribution < -0.4 is 16.0 Å². The van der Waals surface area contributed by atoms with Gasteiger partial charge in [-0.15, -0.1) is 20.4 Å². The Hall–Kier alpha value is -3.78. The van der Waals surface area contributed by atoms with Gasteiger partial charge in [0.2, 0.25) is 22.1 Å². The lowest BCUT2D eigenvalue weighted by Crippen LogP contribution is -2.30. The van der Waals surface area contributed by atoms with Crippen molar-refractivity contribution in [1.29, 1.82) is 0 Å². The lowest BCUT2D eigenvalue weighted by atomic mass is 9.96. The first-order valence-electron chi connectivity index (χ1n) is 13.6. The molecule has 216 valence electrons. The Morgan fingerprint density at radius 2 is 1.63 bits per heavy atom. The van der Waals surface area contributed by atoms with Crippen molar-refractivity contribution in [2.24, 2.45) is 10.9 Å². The molecule has 5 rings (SSSR count). The highest BCUT2D eigenvalue weighted by molar-refractivity contribution is 7.15. The molecule has 12 nitrogen and oxygen atoms in total.